The van der Waals surface area contributed by atoms with Crippen molar-refractivity contribution in [3.63, 3.8) is 0 Å². The third kappa shape index (κ3) is 3.34. The van der Waals surface area contributed by atoms with Crippen LogP contribution in [-0.2, 0) is 15.0 Å². The van der Waals surface area contributed by atoms with Crippen LogP contribution in [0, 0.1) is 5.92 Å². The van der Waals surface area contributed by atoms with Crippen LogP contribution in [-0.4, -0.2) is 42.9 Å². The number of amides is 2. The zero-order chi connectivity index (χ0) is 22.5. The summed E-state index contributed by atoms with van der Waals surface area (Å²) in [5.41, 5.74) is 1.31. The maximum Gasteiger partial charge on any atom is 0.239 e. The lowest BCUT2D eigenvalue weighted by Crippen LogP contribution is -2.48. The molecule has 0 bridgehead atoms. The van der Waals surface area contributed by atoms with Gasteiger partial charge in [-0.2, -0.15) is 0 Å². The van der Waals surface area contributed by atoms with Crippen LogP contribution in [0.3, 0.4) is 0 Å². The number of hydrogen-bond acceptors (Lipinski definition) is 3. The molecule has 2 N–H and O–H groups in total. The molecule has 0 saturated carbocycles. The Kier molecular flexibility index (Phi) is 5.80. The minimum Gasteiger partial charge on any atom is -0.347 e. The summed E-state index contributed by atoms with van der Waals surface area (Å²) in [7, 11) is 3.49. The van der Waals surface area contributed by atoms with E-state index in [1.54, 1.807) is 25.1 Å². The second-order valence-corrected chi connectivity index (χ2v) is 9.84. The lowest BCUT2D eigenvalue weighted by atomic mass is 9.63. The number of fused-ring (bicyclic) bond motifs is 2. The van der Waals surface area contributed by atoms with Gasteiger partial charge in [-0.1, -0.05) is 73.4 Å². The summed E-state index contributed by atoms with van der Waals surface area (Å²) in [5.74, 6) is -0.280. The van der Waals surface area contributed by atoms with Crippen LogP contribution in [0.2, 0.25) is 10.0 Å². The molecule has 1 saturated heterocycles. The topological polar surface area (TPSA) is 61.4 Å². The van der Waals surface area contributed by atoms with Gasteiger partial charge in [0.2, 0.25) is 11.8 Å². The predicted molar refractivity (Wildman–Crippen MR) is 125 cm³/mol. The van der Waals surface area contributed by atoms with E-state index >= 15 is 0 Å². The van der Waals surface area contributed by atoms with Gasteiger partial charge in [0.1, 0.15) is 5.41 Å². The minimum atomic E-state index is -0.981. The summed E-state index contributed by atoms with van der Waals surface area (Å²) < 4.78 is 0. The summed E-state index contributed by atoms with van der Waals surface area (Å²) in [4.78, 5) is 28.8. The van der Waals surface area contributed by atoms with E-state index in [1.165, 1.54) is 0 Å². The summed E-state index contributed by atoms with van der Waals surface area (Å²) in [6.07, 6.45) is 0.730. The number of nitrogens with one attached hydrogen (secondary N) is 2. The first-order valence-electron chi connectivity index (χ1n) is 10.5. The molecular weight excluding hydrogens is 433 g/mol. The Hall–Kier alpha value is -2.08. The molecule has 31 heavy (non-hydrogen) atoms. The maximum absolute atomic E-state index is 13.9. The van der Waals surface area contributed by atoms with E-state index < -0.39 is 17.4 Å². The maximum atomic E-state index is 13.9. The molecule has 0 unspecified atom stereocenters. The van der Waals surface area contributed by atoms with E-state index in [4.69, 9.17) is 23.2 Å². The van der Waals surface area contributed by atoms with E-state index in [0.29, 0.717) is 21.7 Å². The van der Waals surface area contributed by atoms with Gasteiger partial charge in [-0.25, -0.2) is 0 Å². The van der Waals surface area contributed by atoms with Gasteiger partial charge in [-0.05, 0) is 29.5 Å². The molecule has 2 amide bonds. The summed E-state index contributed by atoms with van der Waals surface area (Å²) in [6.45, 7) is 4.24. The van der Waals surface area contributed by atoms with Gasteiger partial charge in [0, 0.05) is 26.1 Å². The number of likely N-dealkylation sites (N-methyl/N-ethyl adjacent to an activating group) is 1. The zero-order valence-corrected chi connectivity index (χ0v) is 19.6. The third-order valence-electron chi connectivity index (χ3n) is 6.48. The van der Waals surface area contributed by atoms with Crippen LogP contribution < -0.4 is 10.6 Å². The van der Waals surface area contributed by atoms with Gasteiger partial charge in [0.05, 0.1) is 21.8 Å². The third-order valence-corrected chi connectivity index (χ3v) is 7.29. The van der Waals surface area contributed by atoms with Crippen molar-refractivity contribution in [1.82, 2.24) is 10.2 Å². The molecule has 4 atom stereocenters. The minimum absolute atomic E-state index is 0.0548. The molecule has 2 aromatic rings. The van der Waals surface area contributed by atoms with Crippen molar-refractivity contribution >= 4 is 40.7 Å². The Morgan fingerprint density at radius 2 is 1.81 bits per heavy atom. The predicted octanol–water partition coefficient (Wildman–Crippen LogP) is 4.44. The number of anilines is 1. The molecule has 5 nitrogen and oxygen atoms in total. The highest BCUT2D eigenvalue weighted by molar-refractivity contribution is 6.44. The van der Waals surface area contributed by atoms with Crippen molar-refractivity contribution in [3.05, 3.63) is 63.6 Å². The average Bonchev–Trinajstić information content (AvgIpc) is 3.21. The van der Waals surface area contributed by atoms with E-state index in [1.807, 2.05) is 36.4 Å². The summed E-state index contributed by atoms with van der Waals surface area (Å²) >= 11 is 12.8. The highest BCUT2D eigenvalue weighted by Crippen LogP contribution is 2.57. The molecule has 2 aromatic carbocycles. The molecule has 0 aliphatic carbocycles. The molecule has 2 aliphatic heterocycles. The molecule has 164 valence electrons. The standard InChI is InChI=1S/C24H27Cl2N3O2/c1-13(2)12-17-24(15-10-11-16(25)19(26)20(15)28-23(24)31)18(14-8-6-5-7-9-14)21(27-17)22(30)29(3)4/h5-11,13,17-18,21,27H,12H2,1-4H3,(H,28,31)/t17-,18+,21-,24+/m1/s1. The fourth-order valence-corrected chi connectivity index (χ4v) is 5.64. The highest BCUT2D eigenvalue weighted by atomic mass is 35.5. The van der Waals surface area contributed by atoms with Gasteiger partial charge >= 0.3 is 0 Å². The molecule has 0 aromatic heterocycles. The molecule has 2 heterocycles. The highest BCUT2D eigenvalue weighted by Gasteiger charge is 2.65. The molecule has 1 spiro atoms. The number of carbonyl (C=O) groups is 2. The second-order valence-electron chi connectivity index (χ2n) is 9.05. The largest absolute Gasteiger partial charge is 0.347 e. The van der Waals surface area contributed by atoms with Crippen molar-refractivity contribution in [1.29, 1.82) is 0 Å². The lowest BCUT2D eigenvalue weighted by Gasteiger charge is -2.36. The number of hydrogen-bond donors (Lipinski definition) is 2. The second kappa shape index (κ2) is 8.12. The van der Waals surface area contributed by atoms with E-state index in [-0.39, 0.29) is 17.9 Å². The number of rotatable bonds is 4. The van der Waals surface area contributed by atoms with Crippen molar-refractivity contribution in [3.8, 4) is 0 Å². The molecule has 4 rings (SSSR count). The SMILES string of the molecule is CC(C)C[C@H]1N[C@@H](C(=O)N(C)C)[C@H](c2ccccc2)[C@@]12C(=O)Nc1c2ccc(Cl)c1Cl. The molecular formula is C24H27Cl2N3O2. The van der Waals surface area contributed by atoms with Crippen molar-refractivity contribution < 1.29 is 9.59 Å². The smallest absolute Gasteiger partial charge is 0.239 e. The van der Waals surface area contributed by atoms with Crippen molar-refractivity contribution in [2.75, 3.05) is 19.4 Å². The Morgan fingerprint density at radius 1 is 1.13 bits per heavy atom. The van der Waals surface area contributed by atoms with Crippen LogP contribution >= 0.6 is 23.2 Å². The lowest BCUT2D eigenvalue weighted by molar-refractivity contribution is -0.131. The number of nitrogens with zero attached hydrogens (tertiary/aromatic N) is 1. The van der Waals surface area contributed by atoms with E-state index in [0.717, 1.165) is 17.5 Å². The van der Waals surface area contributed by atoms with Gasteiger partial charge in [0.15, 0.2) is 0 Å². The first-order chi connectivity index (χ1) is 14.7. The molecule has 7 heteroatoms. The molecule has 0 radical (unpaired) electrons. The van der Waals surface area contributed by atoms with Gasteiger partial charge in [-0.3, -0.25) is 9.59 Å². The van der Waals surface area contributed by atoms with Crippen LogP contribution in [0.15, 0.2) is 42.5 Å². The molecule has 2 aliphatic rings. The van der Waals surface area contributed by atoms with Crippen LogP contribution in [0.5, 0.6) is 0 Å². The van der Waals surface area contributed by atoms with Gasteiger partial charge in [0.25, 0.3) is 0 Å². The first kappa shape index (κ1) is 22.1. The van der Waals surface area contributed by atoms with Gasteiger partial charge in [-0.15, -0.1) is 0 Å². The average molecular weight is 460 g/mol. The normalized spacial score (nSPS) is 26.9. The summed E-state index contributed by atoms with van der Waals surface area (Å²) in [5, 5.41) is 7.30. The zero-order valence-electron chi connectivity index (χ0n) is 18.1. The fourth-order valence-electron chi connectivity index (χ4n) is 5.27. The van der Waals surface area contributed by atoms with E-state index in [2.05, 4.69) is 24.5 Å². The first-order valence-corrected chi connectivity index (χ1v) is 11.3. The molecule has 1 fully saturated rings. The van der Waals surface area contributed by atoms with E-state index in [9.17, 15) is 9.59 Å². The quantitative estimate of drug-likeness (QED) is 0.709. The monoisotopic (exact) mass is 459 g/mol. The Balaban J connectivity index is 2.01. The van der Waals surface area contributed by atoms with Crippen molar-refractivity contribution in [2.45, 2.75) is 43.7 Å². The number of benzene rings is 2. The van der Waals surface area contributed by atoms with Crippen molar-refractivity contribution in [2.24, 2.45) is 5.92 Å². The Bertz CT molecular complexity index is 1020. The number of carbonyl (C=O) groups excluding carboxylic acids is 2. The Morgan fingerprint density at radius 3 is 2.42 bits per heavy atom. The van der Waals surface area contributed by atoms with Crippen LogP contribution in [0.4, 0.5) is 5.69 Å². The number of halogens is 2. The fraction of sp³-hybridized carbons (Fsp3) is 0.417. The Labute approximate surface area is 193 Å². The summed E-state index contributed by atoms with van der Waals surface area (Å²) in [6, 6.07) is 12.6. The van der Waals surface area contributed by atoms with Crippen LogP contribution in [0.25, 0.3) is 0 Å². The van der Waals surface area contributed by atoms with Crippen LogP contribution in [0.1, 0.15) is 37.3 Å². The van der Waals surface area contributed by atoms with Gasteiger partial charge < -0.3 is 15.5 Å².